The minimum absolute atomic E-state index is 0.103. The van der Waals surface area contributed by atoms with Crippen molar-refractivity contribution in [2.45, 2.75) is 26.1 Å². The summed E-state index contributed by atoms with van der Waals surface area (Å²) in [6, 6.07) is 6.14. The molecule has 2 heterocycles. The van der Waals surface area contributed by atoms with E-state index in [-0.39, 0.29) is 11.9 Å². The van der Waals surface area contributed by atoms with Crippen molar-refractivity contribution in [2.24, 2.45) is 0 Å². The lowest BCUT2D eigenvalue weighted by atomic mass is 10.3. The lowest BCUT2D eigenvalue weighted by Gasteiger charge is -2.19. The van der Waals surface area contributed by atoms with Gasteiger partial charge in [-0.05, 0) is 24.4 Å². The number of likely N-dealkylation sites (N-methyl/N-ethyl adjacent to an activating group) is 1. The van der Waals surface area contributed by atoms with Crippen LogP contribution >= 0.6 is 11.3 Å². The summed E-state index contributed by atoms with van der Waals surface area (Å²) in [4.78, 5) is 15.0. The number of hydrogen-bond donors (Lipinski definition) is 1. The molecule has 0 bridgehead atoms. The first-order chi connectivity index (χ1) is 9.65. The lowest BCUT2D eigenvalue weighted by molar-refractivity contribution is -0.129. The van der Waals surface area contributed by atoms with Gasteiger partial charge in [-0.15, -0.1) is 11.3 Å². The van der Waals surface area contributed by atoms with Gasteiger partial charge in [-0.1, -0.05) is 6.07 Å². The minimum atomic E-state index is 0.103. The van der Waals surface area contributed by atoms with E-state index in [2.05, 4.69) is 10.4 Å². The second-order valence-corrected chi connectivity index (χ2v) is 5.87. The Bertz CT molecular complexity index is 509. The van der Waals surface area contributed by atoms with Crippen LogP contribution < -0.4 is 5.32 Å². The van der Waals surface area contributed by atoms with E-state index in [1.807, 2.05) is 48.4 Å². The van der Waals surface area contributed by atoms with Gasteiger partial charge in [0, 0.05) is 30.4 Å². The number of nitrogens with one attached hydrogen (secondary N) is 1. The first kappa shape index (κ1) is 14.7. The molecule has 0 saturated heterocycles. The second kappa shape index (κ2) is 7.21. The topological polar surface area (TPSA) is 50.2 Å². The first-order valence-corrected chi connectivity index (χ1v) is 7.50. The predicted molar refractivity (Wildman–Crippen MR) is 80.5 cm³/mol. The highest BCUT2D eigenvalue weighted by atomic mass is 32.1. The molecule has 1 N–H and O–H groups in total. The molecule has 6 heteroatoms. The van der Waals surface area contributed by atoms with E-state index in [9.17, 15) is 4.79 Å². The van der Waals surface area contributed by atoms with Crippen molar-refractivity contribution < 1.29 is 4.79 Å². The number of thiophene rings is 1. The van der Waals surface area contributed by atoms with Gasteiger partial charge in [0.2, 0.25) is 5.91 Å². The van der Waals surface area contributed by atoms with Gasteiger partial charge in [0.1, 0.15) is 0 Å². The molecule has 2 rings (SSSR count). The molecule has 1 amide bonds. The smallest absolute Gasteiger partial charge is 0.236 e. The fourth-order valence-electron chi connectivity index (χ4n) is 1.87. The summed E-state index contributed by atoms with van der Waals surface area (Å²) in [5, 5.41) is 9.41. The molecule has 0 aromatic carbocycles. The Labute approximate surface area is 123 Å². The van der Waals surface area contributed by atoms with Gasteiger partial charge < -0.3 is 10.2 Å². The summed E-state index contributed by atoms with van der Waals surface area (Å²) < 4.78 is 1.86. The number of carbonyl (C=O) groups excluding carboxylic acids is 1. The molecular formula is C14H20N4OS. The SMILES string of the molecule is C[C@H](Cn1cccn1)NCC(=O)N(C)Cc1cccs1. The maximum atomic E-state index is 12.0. The van der Waals surface area contributed by atoms with Crippen LogP contribution in [0.5, 0.6) is 0 Å². The molecule has 2 aromatic heterocycles. The molecule has 0 unspecified atom stereocenters. The maximum absolute atomic E-state index is 12.0. The van der Waals surface area contributed by atoms with E-state index in [1.165, 1.54) is 4.88 Å². The van der Waals surface area contributed by atoms with Gasteiger partial charge >= 0.3 is 0 Å². The fraction of sp³-hybridized carbons (Fsp3) is 0.429. The Morgan fingerprint density at radius 2 is 2.40 bits per heavy atom. The quantitative estimate of drug-likeness (QED) is 0.843. The van der Waals surface area contributed by atoms with E-state index in [4.69, 9.17) is 0 Å². The van der Waals surface area contributed by atoms with Crippen LogP contribution in [0.4, 0.5) is 0 Å². The van der Waals surface area contributed by atoms with Gasteiger partial charge in [-0.3, -0.25) is 9.48 Å². The predicted octanol–water partition coefficient (Wildman–Crippen LogP) is 1.58. The summed E-state index contributed by atoms with van der Waals surface area (Å²) in [5.74, 6) is 0.103. The van der Waals surface area contributed by atoms with Crippen LogP contribution in [0.3, 0.4) is 0 Å². The van der Waals surface area contributed by atoms with Crippen LogP contribution in [0, 0.1) is 0 Å². The van der Waals surface area contributed by atoms with Crippen molar-refractivity contribution in [3.05, 3.63) is 40.8 Å². The normalized spacial score (nSPS) is 12.3. The largest absolute Gasteiger partial charge is 0.340 e. The number of amides is 1. The van der Waals surface area contributed by atoms with Crippen LogP contribution in [0.25, 0.3) is 0 Å². The average molecular weight is 292 g/mol. The molecule has 0 aliphatic heterocycles. The van der Waals surface area contributed by atoms with E-state index in [0.29, 0.717) is 13.1 Å². The molecule has 1 atom stereocenters. The molecule has 0 spiro atoms. The molecule has 2 aromatic rings. The van der Waals surface area contributed by atoms with Crippen LogP contribution in [-0.2, 0) is 17.9 Å². The summed E-state index contributed by atoms with van der Waals surface area (Å²) >= 11 is 1.67. The number of nitrogens with zero attached hydrogens (tertiary/aromatic N) is 3. The molecular weight excluding hydrogens is 272 g/mol. The zero-order chi connectivity index (χ0) is 14.4. The van der Waals surface area contributed by atoms with Crippen LogP contribution in [0.2, 0.25) is 0 Å². The van der Waals surface area contributed by atoms with E-state index >= 15 is 0 Å². The molecule has 0 radical (unpaired) electrons. The Balaban J connectivity index is 1.71. The summed E-state index contributed by atoms with van der Waals surface area (Å²) in [7, 11) is 1.84. The van der Waals surface area contributed by atoms with Gasteiger partial charge in [0.05, 0.1) is 19.6 Å². The van der Waals surface area contributed by atoms with Gasteiger partial charge in [0.15, 0.2) is 0 Å². The lowest BCUT2D eigenvalue weighted by Crippen LogP contribution is -2.40. The fourth-order valence-corrected chi connectivity index (χ4v) is 2.63. The standard InChI is InChI=1S/C14H20N4OS/c1-12(10-18-7-4-6-16-18)15-9-14(19)17(2)11-13-5-3-8-20-13/h3-8,12,15H,9-11H2,1-2H3/t12-/m1/s1. The monoisotopic (exact) mass is 292 g/mol. The summed E-state index contributed by atoms with van der Waals surface area (Å²) in [5.41, 5.74) is 0. The first-order valence-electron chi connectivity index (χ1n) is 6.62. The number of carbonyl (C=O) groups is 1. The molecule has 0 saturated carbocycles. The van der Waals surface area contributed by atoms with Crippen LogP contribution in [-0.4, -0.2) is 40.2 Å². The van der Waals surface area contributed by atoms with Crippen molar-refractivity contribution in [1.82, 2.24) is 20.0 Å². The van der Waals surface area contributed by atoms with E-state index in [1.54, 1.807) is 22.4 Å². The Kier molecular flexibility index (Phi) is 5.31. The van der Waals surface area contributed by atoms with Crippen molar-refractivity contribution in [3.8, 4) is 0 Å². The minimum Gasteiger partial charge on any atom is -0.340 e. The van der Waals surface area contributed by atoms with E-state index < -0.39 is 0 Å². The highest BCUT2D eigenvalue weighted by Gasteiger charge is 2.11. The Hall–Kier alpha value is -1.66. The Morgan fingerprint density at radius 3 is 3.05 bits per heavy atom. The zero-order valence-corrected chi connectivity index (χ0v) is 12.6. The van der Waals surface area contributed by atoms with E-state index in [0.717, 1.165) is 6.54 Å². The van der Waals surface area contributed by atoms with Crippen LogP contribution in [0.15, 0.2) is 36.0 Å². The molecule has 0 fully saturated rings. The zero-order valence-electron chi connectivity index (χ0n) is 11.8. The van der Waals surface area contributed by atoms with Gasteiger partial charge in [0.25, 0.3) is 0 Å². The number of rotatable bonds is 7. The van der Waals surface area contributed by atoms with Crippen LogP contribution in [0.1, 0.15) is 11.8 Å². The molecule has 20 heavy (non-hydrogen) atoms. The third-order valence-electron chi connectivity index (χ3n) is 3.02. The molecule has 108 valence electrons. The molecule has 0 aliphatic rings. The highest BCUT2D eigenvalue weighted by Crippen LogP contribution is 2.10. The van der Waals surface area contributed by atoms with Gasteiger partial charge in [-0.25, -0.2) is 0 Å². The molecule has 5 nitrogen and oxygen atoms in total. The highest BCUT2D eigenvalue weighted by molar-refractivity contribution is 7.09. The van der Waals surface area contributed by atoms with Gasteiger partial charge in [-0.2, -0.15) is 5.10 Å². The molecule has 0 aliphatic carbocycles. The van der Waals surface area contributed by atoms with Crippen molar-refractivity contribution in [3.63, 3.8) is 0 Å². The second-order valence-electron chi connectivity index (χ2n) is 4.84. The summed E-state index contributed by atoms with van der Waals surface area (Å²) in [6.07, 6.45) is 3.68. The third-order valence-corrected chi connectivity index (χ3v) is 3.88. The average Bonchev–Trinajstić information content (AvgIpc) is 3.09. The third kappa shape index (κ3) is 4.47. The number of aromatic nitrogens is 2. The number of hydrogen-bond acceptors (Lipinski definition) is 4. The Morgan fingerprint density at radius 1 is 1.55 bits per heavy atom. The maximum Gasteiger partial charge on any atom is 0.236 e. The van der Waals surface area contributed by atoms with Crippen molar-refractivity contribution in [1.29, 1.82) is 0 Å². The summed E-state index contributed by atoms with van der Waals surface area (Å²) in [6.45, 7) is 3.83. The van der Waals surface area contributed by atoms with Crippen molar-refractivity contribution >= 4 is 17.2 Å². The van der Waals surface area contributed by atoms with Crippen molar-refractivity contribution in [2.75, 3.05) is 13.6 Å².